The Morgan fingerprint density at radius 3 is 2.50 bits per heavy atom. The van der Waals surface area contributed by atoms with E-state index >= 15 is 0 Å². The van der Waals surface area contributed by atoms with Gasteiger partial charge in [-0.2, -0.15) is 0 Å². The lowest BCUT2D eigenvalue weighted by Crippen LogP contribution is -2.58. The molecule has 136 valence electrons. The predicted octanol–water partition coefficient (Wildman–Crippen LogP) is 2.86. The van der Waals surface area contributed by atoms with Gasteiger partial charge in [-0.25, -0.2) is 19.6 Å². The van der Waals surface area contributed by atoms with Gasteiger partial charge in [-0.1, -0.05) is 0 Å². The molecule has 0 atom stereocenters. The van der Waals surface area contributed by atoms with Crippen molar-refractivity contribution in [2.24, 2.45) is 0 Å². The van der Waals surface area contributed by atoms with Gasteiger partial charge >= 0.3 is 6.03 Å². The molecule has 2 aliphatic heterocycles. The SMILES string of the molecule is Cc1ccsc1C(=O)N1CCC2(CC1)NC(=O)N(c1ccc(F)cc1)N2. The van der Waals surface area contributed by atoms with Crippen LogP contribution in [0.25, 0.3) is 0 Å². The molecule has 1 aromatic heterocycles. The van der Waals surface area contributed by atoms with Crippen LogP contribution in [0.1, 0.15) is 28.1 Å². The third kappa shape index (κ3) is 2.95. The molecular weight excluding hydrogens is 355 g/mol. The van der Waals surface area contributed by atoms with Crippen molar-refractivity contribution in [3.05, 3.63) is 52.0 Å². The summed E-state index contributed by atoms with van der Waals surface area (Å²) in [7, 11) is 0. The predicted molar refractivity (Wildman–Crippen MR) is 97.5 cm³/mol. The van der Waals surface area contributed by atoms with Crippen molar-refractivity contribution in [1.29, 1.82) is 0 Å². The molecule has 2 saturated heterocycles. The Kier molecular flexibility index (Phi) is 4.16. The molecule has 8 heteroatoms. The molecule has 2 fully saturated rings. The van der Waals surface area contributed by atoms with Crippen LogP contribution in [0.15, 0.2) is 35.7 Å². The molecule has 2 aromatic rings. The number of halogens is 1. The van der Waals surface area contributed by atoms with E-state index in [0.29, 0.717) is 31.6 Å². The molecule has 0 unspecified atom stereocenters. The topological polar surface area (TPSA) is 64.7 Å². The van der Waals surface area contributed by atoms with Crippen molar-refractivity contribution >= 4 is 29.0 Å². The molecule has 0 bridgehead atoms. The quantitative estimate of drug-likeness (QED) is 0.850. The zero-order chi connectivity index (χ0) is 18.3. The monoisotopic (exact) mass is 374 g/mol. The molecule has 26 heavy (non-hydrogen) atoms. The molecule has 0 saturated carbocycles. The highest BCUT2D eigenvalue weighted by Gasteiger charge is 2.45. The fourth-order valence-electron chi connectivity index (χ4n) is 3.39. The van der Waals surface area contributed by atoms with Gasteiger partial charge < -0.3 is 10.2 Å². The van der Waals surface area contributed by atoms with Gasteiger partial charge in [0.05, 0.1) is 10.6 Å². The van der Waals surface area contributed by atoms with Crippen molar-refractivity contribution in [3.63, 3.8) is 0 Å². The number of hydrazine groups is 1. The maximum atomic E-state index is 13.1. The lowest BCUT2D eigenvalue weighted by atomic mass is 9.98. The highest BCUT2D eigenvalue weighted by molar-refractivity contribution is 7.12. The van der Waals surface area contributed by atoms with Gasteiger partial charge in [0.2, 0.25) is 0 Å². The largest absolute Gasteiger partial charge is 0.338 e. The maximum absolute atomic E-state index is 13.1. The Labute approximate surface area is 154 Å². The minimum Gasteiger partial charge on any atom is -0.338 e. The Hall–Kier alpha value is -2.45. The van der Waals surface area contributed by atoms with E-state index in [-0.39, 0.29) is 17.8 Å². The standard InChI is InChI=1S/C18H19FN4O2S/c1-12-6-11-26-15(12)16(24)22-9-7-18(8-10-22)20-17(25)23(21-18)14-4-2-13(19)3-5-14/h2-6,11,21H,7-10H2,1H3,(H,20,25). The molecule has 0 radical (unpaired) electrons. The van der Waals surface area contributed by atoms with E-state index in [0.717, 1.165) is 10.4 Å². The summed E-state index contributed by atoms with van der Waals surface area (Å²) in [6.07, 6.45) is 1.21. The van der Waals surface area contributed by atoms with Gasteiger partial charge in [-0.3, -0.25) is 4.79 Å². The number of nitrogens with one attached hydrogen (secondary N) is 2. The highest BCUT2D eigenvalue weighted by Crippen LogP contribution is 2.29. The van der Waals surface area contributed by atoms with Crippen LogP contribution >= 0.6 is 11.3 Å². The second kappa shape index (κ2) is 6.37. The molecule has 2 aliphatic rings. The first-order valence-electron chi connectivity index (χ1n) is 8.46. The minimum absolute atomic E-state index is 0.0482. The lowest BCUT2D eigenvalue weighted by molar-refractivity contribution is 0.0645. The first kappa shape index (κ1) is 17.0. The van der Waals surface area contributed by atoms with Gasteiger partial charge in [-0.15, -0.1) is 11.3 Å². The molecule has 1 spiro atoms. The molecule has 1 aromatic carbocycles. The number of aryl methyl sites for hydroxylation is 1. The normalized spacial score (nSPS) is 19.1. The van der Waals surface area contributed by atoms with Crippen LogP contribution in [0.5, 0.6) is 0 Å². The van der Waals surface area contributed by atoms with E-state index < -0.39 is 5.66 Å². The fraction of sp³-hybridized carbons (Fsp3) is 0.333. The molecule has 6 nitrogen and oxygen atoms in total. The average molecular weight is 374 g/mol. The minimum atomic E-state index is -0.577. The van der Waals surface area contributed by atoms with Crippen molar-refractivity contribution in [1.82, 2.24) is 15.6 Å². The first-order chi connectivity index (χ1) is 12.5. The summed E-state index contributed by atoms with van der Waals surface area (Å²) in [6, 6.07) is 7.42. The second-order valence-electron chi connectivity index (χ2n) is 6.66. The number of benzene rings is 1. The number of anilines is 1. The summed E-state index contributed by atoms with van der Waals surface area (Å²) < 4.78 is 13.1. The maximum Gasteiger partial charge on any atom is 0.338 e. The average Bonchev–Trinajstić information content (AvgIpc) is 3.19. The van der Waals surface area contributed by atoms with Crippen LogP contribution in [-0.2, 0) is 0 Å². The van der Waals surface area contributed by atoms with E-state index in [1.54, 1.807) is 12.1 Å². The second-order valence-corrected chi connectivity index (χ2v) is 7.58. The summed E-state index contributed by atoms with van der Waals surface area (Å²) in [4.78, 5) is 27.6. The van der Waals surface area contributed by atoms with E-state index in [1.165, 1.54) is 28.5 Å². The highest BCUT2D eigenvalue weighted by atomic mass is 32.1. The van der Waals surface area contributed by atoms with E-state index in [9.17, 15) is 14.0 Å². The smallest absolute Gasteiger partial charge is 0.338 e. The Bertz CT molecular complexity index is 843. The first-order valence-corrected chi connectivity index (χ1v) is 9.34. The number of rotatable bonds is 2. The van der Waals surface area contributed by atoms with Gasteiger partial charge in [0.25, 0.3) is 5.91 Å². The number of piperidine rings is 1. The number of amides is 3. The molecule has 0 aliphatic carbocycles. The Morgan fingerprint density at radius 1 is 1.19 bits per heavy atom. The van der Waals surface area contributed by atoms with Crippen LogP contribution in [0, 0.1) is 12.7 Å². The molecule has 2 N–H and O–H groups in total. The summed E-state index contributed by atoms with van der Waals surface area (Å²) in [5.74, 6) is -0.300. The fourth-order valence-corrected chi connectivity index (χ4v) is 4.28. The number of carbonyl (C=O) groups is 2. The number of hydrogen-bond donors (Lipinski definition) is 2. The van der Waals surface area contributed by atoms with Crippen LogP contribution in [0.4, 0.5) is 14.9 Å². The van der Waals surface area contributed by atoms with Crippen molar-refractivity contribution in [2.75, 3.05) is 18.1 Å². The van der Waals surface area contributed by atoms with Crippen LogP contribution < -0.4 is 15.8 Å². The van der Waals surface area contributed by atoms with Gasteiger partial charge in [0, 0.05) is 25.9 Å². The third-order valence-corrected chi connectivity index (χ3v) is 5.92. The number of urea groups is 1. The van der Waals surface area contributed by atoms with Crippen LogP contribution in [0.3, 0.4) is 0 Å². The van der Waals surface area contributed by atoms with E-state index in [2.05, 4.69) is 10.7 Å². The van der Waals surface area contributed by atoms with Gasteiger partial charge in [0.15, 0.2) is 0 Å². The molecular formula is C18H19FN4O2S. The van der Waals surface area contributed by atoms with E-state index in [4.69, 9.17) is 0 Å². The summed E-state index contributed by atoms with van der Waals surface area (Å²) in [5.41, 5.74) is 4.21. The van der Waals surface area contributed by atoms with Gasteiger partial charge in [0.1, 0.15) is 11.5 Å². The van der Waals surface area contributed by atoms with Crippen LogP contribution in [0.2, 0.25) is 0 Å². The Balaban J connectivity index is 1.44. The molecule has 3 amide bonds. The molecule has 3 heterocycles. The molecule has 4 rings (SSSR count). The van der Waals surface area contributed by atoms with Crippen molar-refractivity contribution in [2.45, 2.75) is 25.4 Å². The summed E-state index contributed by atoms with van der Waals surface area (Å²) in [6.45, 7) is 3.05. The zero-order valence-corrected chi connectivity index (χ0v) is 15.1. The summed E-state index contributed by atoms with van der Waals surface area (Å²) in [5, 5.41) is 6.31. The number of hydrogen-bond acceptors (Lipinski definition) is 4. The van der Waals surface area contributed by atoms with Crippen molar-refractivity contribution < 1.29 is 14.0 Å². The third-order valence-electron chi connectivity index (χ3n) is 4.92. The lowest BCUT2D eigenvalue weighted by Gasteiger charge is -2.38. The van der Waals surface area contributed by atoms with E-state index in [1.807, 2.05) is 23.3 Å². The zero-order valence-electron chi connectivity index (χ0n) is 14.3. The summed E-state index contributed by atoms with van der Waals surface area (Å²) >= 11 is 1.46. The van der Waals surface area contributed by atoms with Gasteiger partial charge in [-0.05, 0) is 48.2 Å². The number of thiophene rings is 1. The van der Waals surface area contributed by atoms with Crippen LogP contribution in [-0.4, -0.2) is 35.6 Å². The Morgan fingerprint density at radius 2 is 1.88 bits per heavy atom. The number of likely N-dealkylation sites (tertiary alicyclic amines) is 1. The van der Waals surface area contributed by atoms with Crippen molar-refractivity contribution in [3.8, 4) is 0 Å². The number of nitrogens with zero attached hydrogens (tertiary/aromatic N) is 2. The number of carbonyl (C=O) groups excluding carboxylic acids is 2.